The van der Waals surface area contributed by atoms with Crippen molar-refractivity contribution in [1.29, 1.82) is 0 Å². The second-order valence-electron chi connectivity index (χ2n) is 3.72. The van der Waals surface area contributed by atoms with Crippen LogP contribution >= 0.6 is 0 Å². The standard InChI is InChI=1S/C11H25N.C2H6/c1-4-6-8-9-11-12(3)10-7-5-2;1-2/h4-11H2,1-3H3;1-2H3. The number of nitrogens with zero attached hydrogens (tertiary/aromatic N) is 1. The fourth-order valence-electron chi connectivity index (χ4n) is 1.35. The fourth-order valence-corrected chi connectivity index (χ4v) is 1.35. The lowest BCUT2D eigenvalue weighted by Gasteiger charge is -2.15. The molecule has 0 aromatic rings. The molecule has 0 aliphatic heterocycles. The van der Waals surface area contributed by atoms with Gasteiger partial charge in [0.2, 0.25) is 0 Å². The summed E-state index contributed by atoms with van der Waals surface area (Å²) in [5.41, 5.74) is 0. The zero-order valence-electron chi connectivity index (χ0n) is 11.1. The maximum Gasteiger partial charge on any atom is -0.00218 e. The van der Waals surface area contributed by atoms with Gasteiger partial charge in [-0.05, 0) is 33.0 Å². The van der Waals surface area contributed by atoms with Crippen LogP contribution in [-0.2, 0) is 0 Å². The van der Waals surface area contributed by atoms with E-state index in [1.54, 1.807) is 0 Å². The van der Waals surface area contributed by atoms with Gasteiger partial charge in [0.05, 0.1) is 0 Å². The Morgan fingerprint density at radius 3 is 1.71 bits per heavy atom. The van der Waals surface area contributed by atoms with E-state index in [0.29, 0.717) is 0 Å². The molecular weight excluding hydrogens is 170 g/mol. The van der Waals surface area contributed by atoms with Gasteiger partial charge in [-0.25, -0.2) is 0 Å². The molecule has 14 heavy (non-hydrogen) atoms. The molecule has 1 heteroatoms. The van der Waals surface area contributed by atoms with Crippen LogP contribution in [0, 0.1) is 0 Å². The maximum atomic E-state index is 2.46. The van der Waals surface area contributed by atoms with Gasteiger partial charge in [-0.1, -0.05) is 53.4 Å². The lowest BCUT2D eigenvalue weighted by Crippen LogP contribution is -2.20. The van der Waals surface area contributed by atoms with Crippen molar-refractivity contribution in [2.45, 2.75) is 66.2 Å². The predicted molar refractivity (Wildman–Crippen MR) is 67.9 cm³/mol. The van der Waals surface area contributed by atoms with Crippen molar-refractivity contribution in [2.24, 2.45) is 0 Å². The van der Waals surface area contributed by atoms with Gasteiger partial charge in [0.15, 0.2) is 0 Å². The minimum atomic E-state index is 1.28. The van der Waals surface area contributed by atoms with Crippen LogP contribution in [-0.4, -0.2) is 25.0 Å². The Hall–Kier alpha value is -0.0400. The monoisotopic (exact) mass is 201 g/mol. The van der Waals surface area contributed by atoms with E-state index in [4.69, 9.17) is 0 Å². The van der Waals surface area contributed by atoms with E-state index < -0.39 is 0 Å². The summed E-state index contributed by atoms with van der Waals surface area (Å²) in [7, 11) is 2.24. The van der Waals surface area contributed by atoms with Crippen molar-refractivity contribution in [3.63, 3.8) is 0 Å². The van der Waals surface area contributed by atoms with Gasteiger partial charge in [-0.2, -0.15) is 0 Å². The van der Waals surface area contributed by atoms with Crippen LogP contribution in [0.1, 0.15) is 66.2 Å². The van der Waals surface area contributed by atoms with Crippen LogP contribution in [0.3, 0.4) is 0 Å². The first-order valence-electron chi connectivity index (χ1n) is 6.49. The van der Waals surface area contributed by atoms with E-state index in [2.05, 4.69) is 25.8 Å². The van der Waals surface area contributed by atoms with Gasteiger partial charge < -0.3 is 4.90 Å². The predicted octanol–water partition coefficient (Wildman–Crippen LogP) is 4.32. The van der Waals surface area contributed by atoms with E-state index in [1.165, 1.54) is 51.6 Å². The van der Waals surface area contributed by atoms with Crippen LogP contribution in [0.15, 0.2) is 0 Å². The van der Waals surface area contributed by atoms with E-state index in [9.17, 15) is 0 Å². The van der Waals surface area contributed by atoms with Crippen molar-refractivity contribution in [2.75, 3.05) is 20.1 Å². The molecule has 0 saturated heterocycles. The molecule has 0 spiro atoms. The summed E-state index contributed by atoms with van der Waals surface area (Å²) in [4.78, 5) is 2.46. The molecule has 0 unspecified atom stereocenters. The zero-order chi connectivity index (χ0) is 11.2. The molecule has 0 aromatic heterocycles. The Labute approximate surface area is 91.9 Å². The molecule has 0 aliphatic rings. The van der Waals surface area contributed by atoms with Crippen LogP contribution < -0.4 is 0 Å². The van der Waals surface area contributed by atoms with Gasteiger partial charge in [-0.15, -0.1) is 0 Å². The largest absolute Gasteiger partial charge is 0.306 e. The lowest BCUT2D eigenvalue weighted by molar-refractivity contribution is 0.319. The van der Waals surface area contributed by atoms with Crippen LogP contribution in [0.25, 0.3) is 0 Å². The first kappa shape index (κ1) is 16.4. The first-order valence-corrected chi connectivity index (χ1v) is 6.49. The zero-order valence-corrected chi connectivity index (χ0v) is 11.1. The number of rotatable bonds is 8. The second kappa shape index (κ2) is 15.4. The van der Waals surface area contributed by atoms with Gasteiger partial charge in [0, 0.05) is 0 Å². The summed E-state index contributed by atoms with van der Waals surface area (Å²) in [6.45, 7) is 11.1. The summed E-state index contributed by atoms with van der Waals surface area (Å²) in [5, 5.41) is 0. The summed E-state index contributed by atoms with van der Waals surface area (Å²) < 4.78 is 0. The van der Waals surface area contributed by atoms with E-state index in [-0.39, 0.29) is 0 Å². The molecule has 0 atom stereocenters. The minimum absolute atomic E-state index is 1.28. The van der Waals surface area contributed by atoms with E-state index >= 15 is 0 Å². The van der Waals surface area contributed by atoms with Crippen molar-refractivity contribution in [1.82, 2.24) is 4.90 Å². The molecule has 0 aliphatic carbocycles. The molecule has 1 nitrogen and oxygen atoms in total. The quantitative estimate of drug-likeness (QED) is 0.528. The third kappa shape index (κ3) is 14.5. The highest BCUT2D eigenvalue weighted by Crippen LogP contribution is 2.00. The van der Waals surface area contributed by atoms with Gasteiger partial charge in [0.25, 0.3) is 0 Å². The van der Waals surface area contributed by atoms with Crippen molar-refractivity contribution >= 4 is 0 Å². The van der Waals surface area contributed by atoms with Crippen molar-refractivity contribution in [3.8, 4) is 0 Å². The van der Waals surface area contributed by atoms with Crippen molar-refractivity contribution < 1.29 is 0 Å². The Balaban J connectivity index is 0. The average molecular weight is 201 g/mol. The minimum Gasteiger partial charge on any atom is -0.306 e. The van der Waals surface area contributed by atoms with Gasteiger partial charge >= 0.3 is 0 Å². The normalized spacial score (nSPS) is 9.86. The Morgan fingerprint density at radius 1 is 0.714 bits per heavy atom. The maximum absolute atomic E-state index is 2.46. The molecule has 0 fully saturated rings. The molecule has 0 amide bonds. The van der Waals surface area contributed by atoms with Gasteiger partial charge in [0.1, 0.15) is 0 Å². The highest BCUT2D eigenvalue weighted by molar-refractivity contribution is 4.51. The van der Waals surface area contributed by atoms with E-state index in [1.807, 2.05) is 13.8 Å². The average Bonchev–Trinajstić information content (AvgIpc) is 2.24. The number of unbranched alkanes of at least 4 members (excludes halogenated alkanes) is 4. The fraction of sp³-hybridized carbons (Fsp3) is 1.00. The summed E-state index contributed by atoms with van der Waals surface area (Å²) in [6.07, 6.45) is 8.21. The first-order chi connectivity index (χ1) is 6.81. The Morgan fingerprint density at radius 2 is 1.21 bits per heavy atom. The smallest absolute Gasteiger partial charge is 0.00218 e. The molecule has 0 bridgehead atoms. The van der Waals surface area contributed by atoms with Crippen LogP contribution in [0.5, 0.6) is 0 Å². The van der Waals surface area contributed by atoms with E-state index in [0.717, 1.165) is 0 Å². The van der Waals surface area contributed by atoms with Crippen LogP contribution in [0.4, 0.5) is 0 Å². The highest BCUT2D eigenvalue weighted by Gasteiger charge is 1.95. The summed E-state index contributed by atoms with van der Waals surface area (Å²) >= 11 is 0. The van der Waals surface area contributed by atoms with Crippen LogP contribution in [0.2, 0.25) is 0 Å². The SMILES string of the molecule is CC.CCCCCCN(C)CCCC. The third-order valence-corrected chi connectivity index (χ3v) is 2.29. The Bertz CT molecular complexity index is 81.3. The Kier molecular flexibility index (Phi) is 18.1. The molecule has 0 radical (unpaired) electrons. The molecule has 0 saturated carbocycles. The number of hydrogen-bond acceptors (Lipinski definition) is 1. The highest BCUT2D eigenvalue weighted by atomic mass is 15.1. The molecule has 0 heterocycles. The molecule has 0 aromatic carbocycles. The molecule has 0 rings (SSSR count). The summed E-state index contributed by atoms with van der Waals surface area (Å²) in [5.74, 6) is 0. The molecule has 0 N–H and O–H groups in total. The molecule has 88 valence electrons. The number of hydrogen-bond donors (Lipinski definition) is 0. The lowest BCUT2D eigenvalue weighted by atomic mass is 10.2. The van der Waals surface area contributed by atoms with Crippen molar-refractivity contribution in [3.05, 3.63) is 0 Å². The topological polar surface area (TPSA) is 3.24 Å². The second-order valence-corrected chi connectivity index (χ2v) is 3.72. The summed E-state index contributed by atoms with van der Waals surface area (Å²) in [6, 6.07) is 0. The molecular formula is C13H31N. The third-order valence-electron chi connectivity index (χ3n) is 2.29. The van der Waals surface area contributed by atoms with Gasteiger partial charge in [-0.3, -0.25) is 0 Å².